The second kappa shape index (κ2) is 5.95. The average molecular weight is 260 g/mol. The number of halogens is 1. The molecule has 1 amide bonds. The van der Waals surface area contributed by atoms with Crippen molar-refractivity contribution in [2.75, 3.05) is 6.54 Å². The van der Waals surface area contributed by atoms with Gasteiger partial charge in [-0.2, -0.15) is 0 Å². The van der Waals surface area contributed by atoms with E-state index in [-0.39, 0.29) is 17.3 Å². The Labute approximate surface area is 109 Å². The lowest BCUT2D eigenvalue weighted by molar-refractivity contribution is 0.0954. The summed E-state index contributed by atoms with van der Waals surface area (Å²) in [7, 11) is 0. The Kier molecular flexibility index (Phi) is 4.07. The van der Waals surface area contributed by atoms with Gasteiger partial charge in [-0.05, 0) is 30.2 Å². The summed E-state index contributed by atoms with van der Waals surface area (Å²) in [5.41, 5.74) is 0.955. The van der Waals surface area contributed by atoms with E-state index in [2.05, 4.69) is 10.3 Å². The topological polar surface area (TPSA) is 62.0 Å². The molecule has 2 N–H and O–H groups in total. The largest absolute Gasteiger partial charge is 0.352 e. The number of aromatic nitrogens is 1. The number of hydrogen-bond donors (Lipinski definition) is 2. The minimum Gasteiger partial charge on any atom is -0.352 e. The van der Waals surface area contributed by atoms with Crippen LogP contribution in [0.3, 0.4) is 0 Å². The molecule has 2 aromatic rings. The first kappa shape index (κ1) is 13.0. The molecule has 0 spiro atoms. The first-order valence-corrected chi connectivity index (χ1v) is 5.86. The molecule has 0 aliphatic rings. The molecule has 0 atom stereocenters. The lowest BCUT2D eigenvalue weighted by Gasteiger charge is -2.05. The Morgan fingerprint density at radius 2 is 2.11 bits per heavy atom. The van der Waals surface area contributed by atoms with E-state index in [1.807, 2.05) is 0 Å². The minimum absolute atomic E-state index is 0.253. The third kappa shape index (κ3) is 3.77. The maximum Gasteiger partial charge on any atom is 0.252 e. The third-order valence-electron chi connectivity index (χ3n) is 2.63. The Balaban J connectivity index is 1.87. The lowest BCUT2D eigenvalue weighted by Crippen LogP contribution is -2.26. The van der Waals surface area contributed by atoms with E-state index < -0.39 is 0 Å². The lowest BCUT2D eigenvalue weighted by atomic mass is 10.1. The van der Waals surface area contributed by atoms with Gasteiger partial charge < -0.3 is 10.3 Å². The summed E-state index contributed by atoms with van der Waals surface area (Å²) in [6.07, 6.45) is 1.91. The molecule has 4 nitrogen and oxygen atoms in total. The molecule has 1 aromatic heterocycles. The van der Waals surface area contributed by atoms with Crippen LogP contribution in [-0.4, -0.2) is 17.4 Å². The monoisotopic (exact) mass is 260 g/mol. The maximum atomic E-state index is 12.9. The Bertz CT molecular complexity index is 617. The number of aromatic amines is 1. The van der Waals surface area contributed by atoms with Gasteiger partial charge in [-0.1, -0.05) is 12.1 Å². The minimum atomic E-state index is -0.288. The molecule has 0 bridgehead atoms. The Morgan fingerprint density at radius 1 is 1.26 bits per heavy atom. The van der Waals surface area contributed by atoms with Crippen LogP contribution < -0.4 is 10.9 Å². The Morgan fingerprint density at radius 3 is 2.79 bits per heavy atom. The van der Waals surface area contributed by atoms with Crippen LogP contribution in [0.1, 0.15) is 15.9 Å². The number of nitrogens with one attached hydrogen (secondary N) is 2. The number of amides is 1. The first-order valence-electron chi connectivity index (χ1n) is 5.86. The van der Waals surface area contributed by atoms with E-state index in [4.69, 9.17) is 0 Å². The second-order valence-electron chi connectivity index (χ2n) is 4.08. The maximum absolute atomic E-state index is 12.9. The van der Waals surface area contributed by atoms with E-state index in [1.54, 1.807) is 12.1 Å². The molecule has 5 heteroatoms. The van der Waals surface area contributed by atoms with Crippen LogP contribution in [0.5, 0.6) is 0 Å². The van der Waals surface area contributed by atoms with E-state index in [9.17, 15) is 14.0 Å². The highest BCUT2D eigenvalue weighted by molar-refractivity contribution is 5.93. The van der Waals surface area contributed by atoms with E-state index in [0.717, 1.165) is 5.56 Å². The zero-order valence-corrected chi connectivity index (χ0v) is 10.2. The number of carbonyl (C=O) groups is 1. The Hall–Kier alpha value is -2.43. The van der Waals surface area contributed by atoms with Gasteiger partial charge in [-0.15, -0.1) is 0 Å². The highest BCUT2D eigenvalue weighted by Gasteiger charge is 2.04. The number of H-pyrrole nitrogens is 1. The summed E-state index contributed by atoms with van der Waals surface area (Å²) in [4.78, 5) is 25.0. The fourth-order valence-electron chi connectivity index (χ4n) is 1.67. The van der Waals surface area contributed by atoms with E-state index in [0.29, 0.717) is 18.5 Å². The summed E-state index contributed by atoms with van der Waals surface area (Å²) in [6, 6.07) is 9.00. The molecular weight excluding hydrogens is 247 g/mol. The van der Waals surface area contributed by atoms with Crippen molar-refractivity contribution in [3.8, 4) is 0 Å². The van der Waals surface area contributed by atoms with E-state index >= 15 is 0 Å². The van der Waals surface area contributed by atoms with E-state index in [1.165, 1.54) is 30.5 Å². The van der Waals surface area contributed by atoms with Crippen molar-refractivity contribution in [2.24, 2.45) is 0 Å². The van der Waals surface area contributed by atoms with Gasteiger partial charge in [0.2, 0.25) is 5.56 Å². The van der Waals surface area contributed by atoms with Crippen LogP contribution in [0.25, 0.3) is 0 Å². The molecule has 19 heavy (non-hydrogen) atoms. The van der Waals surface area contributed by atoms with Crippen molar-refractivity contribution in [1.82, 2.24) is 10.3 Å². The number of hydrogen-bond acceptors (Lipinski definition) is 2. The molecule has 0 saturated carbocycles. The molecule has 1 heterocycles. The zero-order valence-electron chi connectivity index (χ0n) is 10.2. The van der Waals surface area contributed by atoms with Crippen LogP contribution >= 0.6 is 0 Å². The fourth-order valence-corrected chi connectivity index (χ4v) is 1.67. The highest BCUT2D eigenvalue weighted by Crippen LogP contribution is 2.03. The van der Waals surface area contributed by atoms with Gasteiger partial charge in [0.25, 0.3) is 5.91 Å². The average Bonchev–Trinajstić information content (AvgIpc) is 2.39. The van der Waals surface area contributed by atoms with Crippen molar-refractivity contribution in [2.45, 2.75) is 6.42 Å². The molecule has 0 saturated heterocycles. The highest BCUT2D eigenvalue weighted by atomic mass is 19.1. The molecule has 2 rings (SSSR count). The molecular formula is C14H13FN2O2. The zero-order chi connectivity index (χ0) is 13.7. The number of benzene rings is 1. The SMILES string of the molecule is O=C(NCCc1cccc(F)c1)c1ccc(=O)[nH]c1. The molecule has 0 unspecified atom stereocenters. The number of carbonyl (C=O) groups excluding carboxylic acids is 1. The van der Waals surface area contributed by atoms with Crippen LogP contribution in [0.15, 0.2) is 47.4 Å². The second-order valence-corrected chi connectivity index (χ2v) is 4.08. The molecule has 0 aliphatic carbocycles. The van der Waals surface area contributed by atoms with Crippen LogP contribution in [0.2, 0.25) is 0 Å². The standard InChI is InChI=1S/C14H13FN2O2/c15-12-3-1-2-10(8-12)6-7-16-14(19)11-4-5-13(18)17-9-11/h1-5,8-9H,6-7H2,(H,16,19)(H,17,18). The third-order valence-corrected chi connectivity index (χ3v) is 2.63. The van der Waals surface area contributed by atoms with Crippen LogP contribution in [0, 0.1) is 5.82 Å². The van der Waals surface area contributed by atoms with Gasteiger partial charge >= 0.3 is 0 Å². The van der Waals surface area contributed by atoms with Crippen LogP contribution in [0.4, 0.5) is 4.39 Å². The van der Waals surface area contributed by atoms with Gasteiger partial charge in [0.1, 0.15) is 5.82 Å². The molecule has 0 fully saturated rings. The number of rotatable bonds is 4. The summed E-state index contributed by atoms with van der Waals surface area (Å²) in [6.45, 7) is 0.404. The summed E-state index contributed by atoms with van der Waals surface area (Å²) in [5.74, 6) is -0.558. The molecule has 0 aliphatic heterocycles. The summed E-state index contributed by atoms with van der Waals surface area (Å²) >= 11 is 0. The van der Waals surface area contributed by atoms with Crippen molar-refractivity contribution < 1.29 is 9.18 Å². The van der Waals surface area contributed by atoms with Gasteiger partial charge in [-0.25, -0.2) is 4.39 Å². The molecule has 1 aromatic carbocycles. The fraction of sp³-hybridized carbons (Fsp3) is 0.143. The van der Waals surface area contributed by atoms with Crippen LogP contribution in [-0.2, 0) is 6.42 Å². The molecule has 98 valence electrons. The van der Waals surface area contributed by atoms with Gasteiger partial charge in [0, 0.05) is 18.8 Å². The van der Waals surface area contributed by atoms with Gasteiger partial charge in [0.15, 0.2) is 0 Å². The predicted octanol–water partition coefficient (Wildman–Crippen LogP) is 1.49. The first-order chi connectivity index (χ1) is 9.15. The summed E-state index contributed by atoms with van der Waals surface area (Å²) in [5, 5.41) is 2.70. The van der Waals surface area contributed by atoms with Crippen molar-refractivity contribution in [1.29, 1.82) is 0 Å². The normalized spacial score (nSPS) is 10.2. The van der Waals surface area contributed by atoms with Crippen molar-refractivity contribution in [3.63, 3.8) is 0 Å². The quantitative estimate of drug-likeness (QED) is 0.874. The molecule has 0 radical (unpaired) electrons. The summed E-state index contributed by atoms with van der Waals surface area (Å²) < 4.78 is 12.9. The van der Waals surface area contributed by atoms with Gasteiger partial charge in [0.05, 0.1) is 5.56 Å². The van der Waals surface area contributed by atoms with Crippen molar-refractivity contribution in [3.05, 3.63) is 69.9 Å². The number of pyridine rings is 1. The van der Waals surface area contributed by atoms with Crippen molar-refractivity contribution >= 4 is 5.91 Å². The van der Waals surface area contributed by atoms with Gasteiger partial charge in [-0.3, -0.25) is 9.59 Å². The smallest absolute Gasteiger partial charge is 0.252 e. The predicted molar refractivity (Wildman–Crippen MR) is 69.5 cm³/mol.